The standard InChI is InChI=1S/C20H20.2C2H6.CH4S/c1-5-9-12-18-16(7-3)15(6-2)17(8-4)19-13-10-11-14-20(18)19;3*1-2/h6-14H,2-5H2,1H3;2*1-2H3;2H,1H3/b12-9-;;;. The first-order valence-electron chi connectivity index (χ1n) is 9.35. The summed E-state index contributed by atoms with van der Waals surface area (Å²) in [5.41, 5.74) is 4.56. The maximum absolute atomic E-state index is 3.97. The Morgan fingerprint density at radius 1 is 0.731 bits per heavy atom. The van der Waals surface area contributed by atoms with Crippen molar-refractivity contribution in [3.05, 3.63) is 72.3 Å². The van der Waals surface area contributed by atoms with E-state index in [0.717, 1.165) is 23.1 Å². The van der Waals surface area contributed by atoms with Gasteiger partial charge in [-0.2, -0.15) is 12.6 Å². The van der Waals surface area contributed by atoms with Gasteiger partial charge in [0, 0.05) is 0 Å². The van der Waals surface area contributed by atoms with Crippen LogP contribution in [0.3, 0.4) is 0 Å². The topological polar surface area (TPSA) is 0 Å². The zero-order chi connectivity index (χ0) is 20.5. The number of benzene rings is 2. The minimum atomic E-state index is 1.01. The lowest BCUT2D eigenvalue weighted by Crippen LogP contribution is -1.94. The summed E-state index contributed by atoms with van der Waals surface area (Å²) in [4.78, 5) is 0. The van der Waals surface area contributed by atoms with Gasteiger partial charge in [-0.1, -0.05) is 109 Å². The molecule has 0 saturated carbocycles. The lowest BCUT2D eigenvalue weighted by molar-refractivity contribution is 1.23. The quantitative estimate of drug-likeness (QED) is 0.501. The van der Waals surface area contributed by atoms with Gasteiger partial charge in [0.05, 0.1) is 0 Å². The van der Waals surface area contributed by atoms with E-state index in [2.05, 4.69) is 75.7 Å². The van der Waals surface area contributed by atoms with Crippen LogP contribution >= 0.6 is 12.6 Å². The molecule has 0 radical (unpaired) electrons. The largest absolute Gasteiger partial charge is 0.183 e. The second-order valence-electron chi connectivity index (χ2n) is 4.62. The van der Waals surface area contributed by atoms with E-state index in [1.54, 1.807) is 6.26 Å². The molecule has 2 aromatic carbocycles. The molecule has 0 aliphatic rings. The van der Waals surface area contributed by atoms with E-state index in [9.17, 15) is 0 Å². The monoisotopic (exact) mass is 368 g/mol. The summed E-state index contributed by atoms with van der Waals surface area (Å²) in [6, 6.07) is 8.41. The van der Waals surface area contributed by atoms with Gasteiger partial charge in [0.15, 0.2) is 0 Å². The van der Waals surface area contributed by atoms with Crippen LogP contribution in [0, 0.1) is 0 Å². The van der Waals surface area contributed by atoms with Crippen molar-refractivity contribution in [1.29, 1.82) is 0 Å². The van der Waals surface area contributed by atoms with Crippen molar-refractivity contribution in [2.24, 2.45) is 0 Å². The summed E-state index contributed by atoms with van der Waals surface area (Å²) in [6.45, 7) is 22.0. The molecule has 0 nitrogen and oxygen atoms in total. The fourth-order valence-electron chi connectivity index (χ4n) is 2.61. The van der Waals surface area contributed by atoms with E-state index in [4.69, 9.17) is 0 Å². The Morgan fingerprint density at radius 3 is 1.50 bits per heavy atom. The molecular weight excluding hydrogens is 332 g/mol. The second-order valence-corrected chi connectivity index (χ2v) is 4.62. The third-order valence-corrected chi connectivity index (χ3v) is 3.51. The number of rotatable bonds is 5. The predicted octanol–water partition coefficient (Wildman–Crippen LogP) is 8.79. The predicted molar refractivity (Wildman–Crippen MR) is 131 cm³/mol. The molecule has 0 unspecified atom stereocenters. The smallest absolute Gasteiger partial charge is 0.00991 e. The molecule has 0 saturated heterocycles. The van der Waals surface area contributed by atoms with Crippen LogP contribution < -0.4 is 0 Å². The van der Waals surface area contributed by atoms with Crippen molar-refractivity contribution in [3.63, 3.8) is 0 Å². The Hall–Kier alpha value is -1.99. The van der Waals surface area contributed by atoms with Gasteiger partial charge >= 0.3 is 0 Å². The summed E-state index contributed by atoms with van der Waals surface area (Å²) in [5.74, 6) is 0. The molecular formula is C25H36S. The number of hydrogen-bond donors (Lipinski definition) is 1. The molecule has 0 bridgehead atoms. The van der Waals surface area contributed by atoms with Crippen LogP contribution in [0.2, 0.25) is 0 Å². The number of fused-ring (bicyclic) bond motifs is 1. The summed E-state index contributed by atoms with van der Waals surface area (Å²) < 4.78 is 0. The molecule has 26 heavy (non-hydrogen) atoms. The van der Waals surface area contributed by atoms with Gasteiger partial charge in [0.1, 0.15) is 0 Å². The maximum atomic E-state index is 3.97. The van der Waals surface area contributed by atoms with Crippen LogP contribution in [-0.2, 0) is 0 Å². The third kappa shape index (κ3) is 6.38. The first-order valence-corrected chi connectivity index (χ1v) is 10.2. The third-order valence-electron chi connectivity index (χ3n) is 3.51. The maximum Gasteiger partial charge on any atom is -0.00991 e. The van der Waals surface area contributed by atoms with Crippen LogP contribution in [0.25, 0.3) is 35.1 Å². The molecule has 1 heteroatoms. The van der Waals surface area contributed by atoms with Crippen LogP contribution in [0.1, 0.15) is 63.3 Å². The Labute approximate surface area is 167 Å². The van der Waals surface area contributed by atoms with E-state index in [0.29, 0.717) is 0 Å². The highest BCUT2D eigenvalue weighted by atomic mass is 32.1. The number of thiol groups is 1. The Bertz CT molecular complexity index is 706. The Balaban J connectivity index is 0. The molecule has 142 valence electrons. The van der Waals surface area contributed by atoms with E-state index in [-0.39, 0.29) is 0 Å². The minimum absolute atomic E-state index is 1.01. The normalized spacial score (nSPS) is 9.04. The molecule has 0 heterocycles. The first-order chi connectivity index (χ1) is 12.8. The molecule has 0 aliphatic heterocycles. The Kier molecular flexibility index (Phi) is 16.6. The summed E-state index contributed by atoms with van der Waals surface area (Å²) in [6.07, 6.45) is 12.8. The van der Waals surface area contributed by atoms with Gasteiger partial charge in [0.2, 0.25) is 0 Å². The highest BCUT2D eigenvalue weighted by Gasteiger charge is 2.12. The molecule has 0 atom stereocenters. The lowest BCUT2D eigenvalue weighted by Gasteiger charge is -2.15. The molecule has 0 aromatic heterocycles. The average molecular weight is 369 g/mol. The van der Waals surface area contributed by atoms with Crippen molar-refractivity contribution in [2.45, 2.75) is 41.0 Å². The molecule has 0 N–H and O–H groups in total. The van der Waals surface area contributed by atoms with Crippen LogP contribution in [0.5, 0.6) is 0 Å². The van der Waals surface area contributed by atoms with Gasteiger partial charge in [-0.05, 0) is 45.7 Å². The fraction of sp³-hybridized carbons (Fsp3) is 0.280. The highest BCUT2D eigenvalue weighted by Crippen LogP contribution is 2.34. The van der Waals surface area contributed by atoms with Gasteiger partial charge in [-0.25, -0.2) is 0 Å². The van der Waals surface area contributed by atoms with Gasteiger partial charge < -0.3 is 0 Å². The summed E-state index contributed by atoms with van der Waals surface area (Å²) in [7, 11) is 0. The second kappa shape index (κ2) is 16.5. The zero-order valence-corrected chi connectivity index (χ0v) is 18.4. The molecule has 0 spiro atoms. The SMILES string of the molecule is C=Cc1c(C=C)c(/C=C\CC)c2ccccc2c1C=C.CC.CC.CS. The van der Waals surface area contributed by atoms with Crippen LogP contribution in [0.4, 0.5) is 0 Å². The van der Waals surface area contributed by atoms with E-state index < -0.39 is 0 Å². The van der Waals surface area contributed by atoms with Crippen molar-refractivity contribution in [3.8, 4) is 0 Å². The summed E-state index contributed by atoms with van der Waals surface area (Å²) in [5, 5.41) is 2.44. The van der Waals surface area contributed by atoms with Crippen molar-refractivity contribution >= 4 is 47.7 Å². The van der Waals surface area contributed by atoms with E-state index >= 15 is 0 Å². The lowest BCUT2D eigenvalue weighted by atomic mass is 9.88. The fourth-order valence-corrected chi connectivity index (χ4v) is 2.61. The number of hydrogen-bond acceptors (Lipinski definition) is 1. The molecule has 0 amide bonds. The first kappa shape index (κ1) is 26.2. The highest BCUT2D eigenvalue weighted by molar-refractivity contribution is 7.79. The number of allylic oxidation sites excluding steroid dienone is 1. The van der Waals surface area contributed by atoms with Crippen molar-refractivity contribution in [1.82, 2.24) is 0 Å². The summed E-state index contributed by atoms with van der Waals surface area (Å²) >= 11 is 3.53. The molecule has 2 aromatic rings. The van der Waals surface area contributed by atoms with E-state index in [1.165, 1.54) is 16.3 Å². The molecule has 0 fully saturated rings. The van der Waals surface area contributed by atoms with E-state index in [1.807, 2.05) is 45.9 Å². The molecule has 2 rings (SSSR count). The van der Waals surface area contributed by atoms with Crippen LogP contribution in [0.15, 0.2) is 50.1 Å². The van der Waals surface area contributed by atoms with Crippen LogP contribution in [-0.4, -0.2) is 6.26 Å². The Morgan fingerprint density at radius 2 is 1.12 bits per heavy atom. The molecule has 0 aliphatic carbocycles. The van der Waals surface area contributed by atoms with Gasteiger partial charge in [-0.3, -0.25) is 0 Å². The average Bonchev–Trinajstić information content (AvgIpc) is 2.75. The minimum Gasteiger partial charge on any atom is -0.183 e. The van der Waals surface area contributed by atoms with Gasteiger partial charge in [0.25, 0.3) is 0 Å². The van der Waals surface area contributed by atoms with Crippen molar-refractivity contribution < 1.29 is 0 Å². The zero-order valence-electron chi connectivity index (χ0n) is 17.5. The van der Waals surface area contributed by atoms with Crippen molar-refractivity contribution in [2.75, 3.05) is 6.26 Å². The van der Waals surface area contributed by atoms with Gasteiger partial charge in [-0.15, -0.1) is 0 Å².